The van der Waals surface area contributed by atoms with Gasteiger partial charge in [0.05, 0.1) is 12.8 Å². The molecule has 6 nitrogen and oxygen atoms in total. The van der Waals surface area contributed by atoms with Gasteiger partial charge in [-0.05, 0) is 39.5 Å². The quantitative estimate of drug-likeness (QED) is 0.586. The van der Waals surface area contributed by atoms with E-state index in [2.05, 4.69) is 26.9 Å². The first-order valence-electron chi connectivity index (χ1n) is 7.65. The Morgan fingerprint density at radius 1 is 1.33 bits per heavy atom. The highest BCUT2D eigenvalue weighted by Crippen LogP contribution is 2.16. The van der Waals surface area contributed by atoms with E-state index in [0.717, 1.165) is 31.5 Å². The molecule has 0 bridgehead atoms. The number of nitrogens with one attached hydrogen (secondary N) is 2. The number of likely N-dealkylation sites (tertiary alicyclic amines) is 1. The number of sulfonamides is 1. The van der Waals surface area contributed by atoms with E-state index in [1.165, 1.54) is 19.1 Å². The van der Waals surface area contributed by atoms with Gasteiger partial charge in [-0.15, -0.1) is 0 Å². The zero-order chi connectivity index (χ0) is 16.1. The minimum Gasteiger partial charge on any atom is -0.357 e. The fourth-order valence-electron chi connectivity index (χ4n) is 2.45. The van der Waals surface area contributed by atoms with Gasteiger partial charge in [0.25, 0.3) is 0 Å². The van der Waals surface area contributed by atoms with Gasteiger partial charge in [0.15, 0.2) is 5.96 Å². The third-order valence-corrected chi connectivity index (χ3v) is 4.43. The van der Waals surface area contributed by atoms with Crippen molar-refractivity contribution in [2.24, 2.45) is 10.9 Å². The van der Waals surface area contributed by atoms with E-state index in [4.69, 9.17) is 0 Å². The molecule has 2 N–H and O–H groups in total. The van der Waals surface area contributed by atoms with Crippen LogP contribution < -0.4 is 10.0 Å². The van der Waals surface area contributed by atoms with Crippen LogP contribution in [0.15, 0.2) is 4.99 Å². The van der Waals surface area contributed by atoms with E-state index in [1.54, 1.807) is 0 Å². The van der Waals surface area contributed by atoms with E-state index in [-0.39, 0.29) is 0 Å². The predicted molar refractivity (Wildman–Crippen MR) is 88.0 cm³/mol. The summed E-state index contributed by atoms with van der Waals surface area (Å²) in [6, 6.07) is 0. The standard InChI is InChI=1S/C14H30N4O2S/c1-6-15-13(18-9-7-12(2)8-10-18)16-11-14(3,4)17-21(5,19)20/h12,17H,6-11H2,1-5H3,(H,15,16). The monoisotopic (exact) mass is 318 g/mol. The summed E-state index contributed by atoms with van der Waals surface area (Å²) >= 11 is 0. The number of aliphatic imine (C=N–C) groups is 1. The van der Waals surface area contributed by atoms with Gasteiger partial charge >= 0.3 is 0 Å². The molecular weight excluding hydrogens is 288 g/mol. The summed E-state index contributed by atoms with van der Waals surface area (Å²) in [7, 11) is -3.23. The maximum atomic E-state index is 11.4. The lowest BCUT2D eigenvalue weighted by molar-refractivity contribution is 0.272. The maximum Gasteiger partial charge on any atom is 0.209 e. The molecule has 1 aliphatic heterocycles. The average Bonchev–Trinajstić information content (AvgIpc) is 2.33. The van der Waals surface area contributed by atoms with E-state index in [9.17, 15) is 8.42 Å². The molecule has 1 aliphatic rings. The molecular formula is C14H30N4O2S. The summed E-state index contributed by atoms with van der Waals surface area (Å²) < 4.78 is 25.4. The van der Waals surface area contributed by atoms with Gasteiger partial charge in [-0.1, -0.05) is 6.92 Å². The number of rotatable bonds is 5. The van der Waals surface area contributed by atoms with Crippen LogP contribution in [0.4, 0.5) is 0 Å². The second-order valence-corrected chi connectivity index (χ2v) is 8.35. The number of guanidine groups is 1. The van der Waals surface area contributed by atoms with Crippen molar-refractivity contribution in [3.8, 4) is 0 Å². The van der Waals surface area contributed by atoms with Gasteiger partial charge in [-0.25, -0.2) is 13.1 Å². The first-order chi connectivity index (χ1) is 9.63. The van der Waals surface area contributed by atoms with Crippen LogP contribution in [-0.4, -0.2) is 57.3 Å². The highest BCUT2D eigenvalue weighted by atomic mass is 32.2. The van der Waals surface area contributed by atoms with Crippen LogP contribution in [-0.2, 0) is 10.0 Å². The molecule has 7 heteroatoms. The summed E-state index contributed by atoms with van der Waals surface area (Å²) in [6.07, 6.45) is 3.53. The van der Waals surface area contributed by atoms with Crippen molar-refractivity contribution in [1.29, 1.82) is 0 Å². The summed E-state index contributed by atoms with van der Waals surface area (Å²) in [5.74, 6) is 1.65. The average molecular weight is 318 g/mol. The SMILES string of the molecule is CCNC(=NCC(C)(C)NS(C)(=O)=O)N1CCC(C)CC1. The zero-order valence-corrected chi connectivity index (χ0v) is 14.8. The van der Waals surface area contributed by atoms with Crippen LogP contribution >= 0.6 is 0 Å². The molecule has 0 radical (unpaired) electrons. The van der Waals surface area contributed by atoms with Gasteiger partial charge < -0.3 is 10.2 Å². The highest BCUT2D eigenvalue weighted by Gasteiger charge is 2.23. The first-order valence-corrected chi connectivity index (χ1v) is 9.54. The van der Waals surface area contributed by atoms with E-state index >= 15 is 0 Å². The predicted octanol–water partition coefficient (Wildman–Crippen LogP) is 1.01. The normalized spacial score (nSPS) is 18.9. The Balaban J connectivity index is 2.71. The third-order valence-electron chi connectivity index (χ3n) is 3.50. The number of piperidine rings is 1. The van der Waals surface area contributed by atoms with Crippen LogP contribution in [0.3, 0.4) is 0 Å². The van der Waals surface area contributed by atoms with Crippen molar-refractivity contribution < 1.29 is 8.42 Å². The summed E-state index contributed by atoms with van der Waals surface area (Å²) in [5, 5.41) is 3.30. The third kappa shape index (κ3) is 7.13. The van der Waals surface area contributed by atoms with Gasteiger partial charge in [0.2, 0.25) is 10.0 Å². The van der Waals surface area contributed by atoms with Crippen molar-refractivity contribution in [3.05, 3.63) is 0 Å². The second kappa shape index (κ2) is 7.45. The molecule has 1 saturated heterocycles. The molecule has 21 heavy (non-hydrogen) atoms. The molecule has 0 unspecified atom stereocenters. The van der Waals surface area contributed by atoms with Crippen molar-refractivity contribution in [3.63, 3.8) is 0 Å². The minimum atomic E-state index is -3.23. The summed E-state index contributed by atoms with van der Waals surface area (Å²) in [5.41, 5.74) is -0.586. The molecule has 0 saturated carbocycles. The van der Waals surface area contributed by atoms with Crippen molar-refractivity contribution in [2.45, 2.75) is 46.1 Å². The number of nitrogens with zero attached hydrogens (tertiary/aromatic N) is 2. The van der Waals surface area contributed by atoms with E-state index in [0.29, 0.717) is 6.54 Å². The lowest BCUT2D eigenvalue weighted by Crippen LogP contribution is -2.48. The molecule has 1 rings (SSSR count). The van der Waals surface area contributed by atoms with Gasteiger partial charge in [-0.2, -0.15) is 0 Å². The van der Waals surface area contributed by atoms with Crippen LogP contribution in [0.2, 0.25) is 0 Å². The smallest absolute Gasteiger partial charge is 0.209 e. The Morgan fingerprint density at radius 2 is 1.90 bits per heavy atom. The van der Waals surface area contributed by atoms with Crippen molar-refractivity contribution >= 4 is 16.0 Å². The van der Waals surface area contributed by atoms with Gasteiger partial charge in [0.1, 0.15) is 0 Å². The largest absolute Gasteiger partial charge is 0.357 e. The van der Waals surface area contributed by atoms with Crippen LogP contribution in [0.5, 0.6) is 0 Å². The number of hydrogen-bond acceptors (Lipinski definition) is 3. The van der Waals surface area contributed by atoms with Crippen LogP contribution in [0.25, 0.3) is 0 Å². The topological polar surface area (TPSA) is 73.8 Å². The Hall–Kier alpha value is -0.820. The Kier molecular flexibility index (Phi) is 6.46. The second-order valence-electron chi connectivity index (χ2n) is 6.60. The fraction of sp³-hybridized carbons (Fsp3) is 0.929. The van der Waals surface area contributed by atoms with Crippen LogP contribution in [0, 0.1) is 5.92 Å². The molecule has 124 valence electrons. The fourth-order valence-corrected chi connectivity index (χ4v) is 3.52. The summed E-state index contributed by atoms with van der Waals surface area (Å²) in [4.78, 5) is 6.89. The van der Waals surface area contributed by atoms with Gasteiger partial charge in [-0.3, -0.25) is 4.99 Å². The Morgan fingerprint density at radius 3 is 2.38 bits per heavy atom. The minimum absolute atomic E-state index is 0.411. The highest BCUT2D eigenvalue weighted by molar-refractivity contribution is 7.88. The van der Waals surface area contributed by atoms with E-state index < -0.39 is 15.6 Å². The van der Waals surface area contributed by atoms with E-state index in [1.807, 2.05) is 20.8 Å². The van der Waals surface area contributed by atoms with Gasteiger partial charge in [0, 0.05) is 25.2 Å². The lowest BCUT2D eigenvalue weighted by atomic mass is 9.99. The molecule has 0 aromatic carbocycles. The Labute approximate surface area is 129 Å². The molecule has 0 spiro atoms. The number of hydrogen-bond donors (Lipinski definition) is 2. The molecule has 0 amide bonds. The summed E-state index contributed by atoms with van der Waals surface area (Å²) in [6.45, 7) is 11.3. The van der Waals surface area contributed by atoms with Crippen molar-refractivity contribution in [2.75, 3.05) is 32.4 Å². The van der Waals surface area contributed by atoms with Crippen LogP contribution in [0.1, 0.15) is 40.5 Å². The zero-order valence-electron chi connectivity index (χ0n) is 13.9. The molecule has 0 aromatic heterocycles. The lowest BCUT2D eigenvalue weighted by Gasteiger charge is -2.33. The maximum absolute atomic E-state index is 11.4. The van der Waals surface area contributed by atoms with Crippen molar-refractivity contribution in [1.82, 2.24) is 14.9 Å². The molecule has 0 aromatic rings. The molecule has 0 aliphatic carbocycles. The molecule has 1 fully saturated rings. The molecule has 0 atom stereocenters. The molecule has 1 heterocycles. The Bertz CT molecular complexity index is 452. The first kappa shape index (κ1) is 18.2.